The third kappa shape index (κ3) is 10.4. The van der Waals surface area contributed by atoms with Crippen LogP contribution in [0.25, 0.3) is 0 Å². The molecular weight excluding hydrogens is 745 g/mol. The Hall–Kier alpha value is -3.39. The van der Waals surface area contributed by atoms with Crippen molar-refractivity contribution in [2.45, 2.75) is 87.4 Å². The van der Waals surface area contributed by atoms with Gasteiger partial charge in [0.25, 0.3) is 0 Å². The summed E-state index contributed by atoms with van der Waals surface area (Å²) in [4.78, 5) is 23.3. The Morgan fingerprint density at radius 3 is 2.53 bits per heavy atom. The maximum Gasteiger partial charge on any atom is 0.239 e. The molecule has 0 aromatic heterocycles. The molecule has 12 heteroatoms. The number of aliphatic hydroxyl groups is 3. The van der Waals surface area contributed by atoms with E-state index in [1.807, 2.05) is 42.2 Å². The van der Waals surface area contributed by atoms with Gasteiger partial charge in [-0.25, -0.2) is 0 Å². The lowest BCUT2D eigenvalue weighted by molar-refractivity contribution is -0.258. The number of nitrogens with zero attached hydrogens (tertiary/aromatic N) is 2. The first-order valence-corrected chi connectivity index (χ1v) is 22.0. The number of thioether (sulfide) groups is 1. The Morgan fingerprint density at radius 2 is 1.81 bits per heavy atom. The summed E-state index contributed by atoms with van der Waals surface area (Å²) in [5, 5.41) is 34.0. The third-order valence-electron chi connectivity index (χ3n) is 11.6. The van der Waals surface area contributed by atoms with Gasteiger partial charge in [0, 0.05) is 54.2 Å². The molecule has 6 unspecified atom stereocenters. The molecule has 2 aromatic rings. The van der Waals surface area contributed by atoms with Gasteiger partial charge in [0.2, 0.25) is 11.7 Å². The van der Waals surface area contributed by atoms with Crippen molar-refractivity contribution in [3.8, 4) is 11.5 Å². The SMILES string of the molecule is C=CCOC12Oc3ccc(OCCSc4ccccc4)cc3C3C(CCCCO)C(CCCCO)C=C(C(=NOCC)CC1N(CCOCCO)C(=O)C1CC1)C32. The first-order chi connectivity index (χ1) is 28.0. The standard InChI is InChI=1S/C45H62N2O9S/c1-3-24-54-45-41(47(20-25-52-26-23-50)44(51)32-16-17-32)31-39(46-55-4-2)37-29-33(12-8-10-21-48)36(15-9-11-22-49)42(43(37)45)38-30-34(18-19-40(38)56-45)53-27-28-57-35-13-6-5-7-14-35/h3,5-7,13-14,18-19,29-30,32-33,36,41-43,48-50H,1,4,8-12,15-17,20-28,31H2,2H3. The summed E-state index contributed by atoms with van der Waals surface area (Å²) in [7, 11) is 0. The molecular formula is C45H62N2O9S. The van der Waals surface area contributed by atoms with Gasteiger partial charge in [-0.3, -0.25) is 4.79 Å². The molecule has 0 saturated heterocycles. The molecule has 0 bridgehead atoms. The van der Waals surface area contributed by atoms with Crippen molar-refractivity contribution in [3.05, 3.63) is 78.4 Å². The number of benzene rings is 2. The number of aliphatic hydroxyl groups excluding tert-OH is 3. The molecule has 2 aromatic carbocycles. The van der Waals surface area contributed by atoms with Crippen LogP contribution in [-0.2, 0) is 19.1 Å². The van der Waals surface area contributed by atoms with Crippen LogP contribution in [0.2, 0.25) is 0 Å². The number of rotatable bonds is 25. The van der Waals surface area contributed by atoms with Crippen molar-refractivity contribution in [1.82, 2.24) is 4.90 Å². The Morgan fingerprint density at radius 1 is 1.02 bits per heavy atom. The second-order valence-corrected chi connectivity index (χ2v) is 16.5. The monoisotopic (exact) mass is 806 g/mol. The minimum absolute atomic E-state index is 0.0395. The van der Waals surface area contributed by atoms with Crippen LogP contribution in [0.1, 0.15) is 76.2 Å². The number of ether oxygens (including phenoxy) is 4. The largest absolute Gasteiger partial charge is 0.493 e. The zero-order chi connectivity index (χ0) is 40.0. The first kappa shape index (κ1) is 43.2. The van der Waals surface area contributed by atoms with E-state index in [0.717, 1.165) is 66.9 Å². The number of unbranched alkanes of at least 4 members (excludes halogenated alkanes) is 2. The zero-order valence-electron chi connectivity index (χ0n) is 33.5. The van der Waals surface area contributed by atoms with Gasteiger partial charge < -0.3 is 44.0 Å². The van der Waals surface area contributed by atoms with E-state index in [2.05, 4.69) is 30.9 Å². The summed E-state index contributed by atoms with van der Waals surface area (Å²) >= 11 is 1.75. The summed E-state index contributed by atoms with van der Waals surface area (Å²) in [6, 6.07) is 15.8. The molecule has 312 valence electrons. The number of carbonyl (C=O) groups excluding carboxylic acids is 1. The van der Waals surface area contributed by atoms with Crippen molar-refractivity contribution in [1.29, 1.82) is 0 Å². The summed E-state index contributed by atoms with van der Waals surface area (Å²) in [6.07, 6.45) is 10.9. The number of allylic oxidation sites excluding steroid dienone is 1. The quantitative estimate of drug-likeness (QED) is 0.0427. The summed E-state index contributed by atoms with van der Waals surface area (Å²) in [5.74, 6) is 0.637. The first-order valence-electron chi connectivity index (χ1n) is 21.0. The van der Waals surface area contributed by atoms with Crippen molar-refractivity contribution in [2.24, 2.45) is 28.8 Å². The maximum atomic E-state index is 14.4. The number of carbonyl (C=O) groups is 1. The van der Waals surface area contributed by atoms with Gasteiger partial charge in [-0.05, 0) is 93.2 Å². The van der Waals surface area contributed by atoms with E-state index in [-0.39, 0.29) is 75.1 Å². The van der Waals surface area contributed by atoms with Crippen molar-refractivity contribution in [3.63, 3.8) is 0 Å². The van der Waals surface area contributed by atoms with E-state index in [0.29, 0.717) is 44.8 Å². The molecule has 2 saturated carbocycles. The molecule has 6 rings (SSSR count). The van der Waals surface area contributed by atoms with E-state index in [9.17, 15) is 20.1 Å². The number of fused-ring (bicyclic) bond motifs is 2. The lowest BCUT2D eigenvalue weighted by Crippen LogP contribution is -2.70. The second kappa shape index (κ2) is 21.6. The van der Waals surface area contributed by atoms with Crippen LogP contribution >= 0.6 is 11.8 Å². The van der Waals surface area contributed by atoms with Crippen LogP contribution < -0.4 is 9.47 Å². The van der Waals surface area contributed by atoms with Crippen LogP contribution in [0.15, 0.2) is 82.9 Å². The number of oxime groups is 1. The fraction of sp³-hybridized carbons (Fsp3) is 0.600. The third-order valence-corrected chi connectivity index (χ3v) is 12.6. The minimum Gasteiger partial charge on any atom is -0.493 e. The van der Waals surface area contributed by atoms with Gasteiger partial charge >= 0.3 is 0 Å². The average Bonchev–Trinajstić information content (AvgIpc) is 4.09. The molecule has 3 N–H and O–H groups in total. The molecule has 4 aliphatic rings. The molecule has 1 heterocycles. The predicted molar refractivity (Wildman–Crippen MR) is 222 cm³/mol. The lowest BCUT2D eigenvalue weighted by atomic mass is 9.55. The highest BCUT2D eigenvalue weighted by Crippen LogP contribution is 2.62. The Labute approximate surface area is 342 Å². The molecule has 3 aliphatic carbocycles. The summed E-state index contributed by atoms with van der Waals surface area (Å²) in [5.41, 5.74) is 2.81. The van der Waals surface area contributed by atoms with Crippen LogP contribution in [0.4, 0.5) is 0 Å². The zero-order valence-corrected chi connectivity index (χ0v) is 34.3. The average molecular weight is 807 g/mol. The topological polar surface area (TPSA) is 140 Å². The van der Waals surface area contributed by atoms with Crippen molar-refractivity contribution in [2.75, 3.05) is 65.2 Å². The van der Waals surface area contributed by atoms with Crippen LogP contribution in [0.3, 0.4) is 0 Å². The highest BCUT2D eigenvalue weighted by Gasteiger charge is 2.65. The number of hydrogen-bond acceptors (Lipinski definition) is 11. The number of hydrogen-bond donors (Lipinski definition) is 3. The fourth-order valence-corrected chi connectivity index (χ4v) is 9.78. The van der Waals surface area contributed by atoms with Crippen LogP contribution in [0, 0.1) is 23.7 Å². The highest BCUT2D eigenvalue weighted by atomic mass is 32.2. The van der Waals surface area contributed by atoms with Crippen LogP contribution in [-0.4, -0.2) is 109 Å². The van der Waals surface area contributed by atoms with Gasteiger partial charge in [-0.15, -0.1) is 18.3 Å². The molecule has 0 spiro atoms. The Bertz CT molecular complexity index is 1650. The lowest BCUT2D eigenvalue weighted by Gasteiger charge is -2.60. The van der Waals surface area contributed by atoms with E-state index in [4.69, 9.17) is 28.9 Å². The number of amides is 1. The molecule has 0 radical (unpaired) electrons. The van der Waals surface area contributed by atoms with Gasteiger partial charge in [-0.1, -0.05) is 48.3 Å². The van der Waals surface area contributed by atoms with Crippen molar-refractivity contribution >= 4 is 23.4 Å². The van der Waals surface area contributed by atoms with Gasteiger partial charge in [0.05, 0.1) is 44.7 Å². The normalized spacial score (nSPS) is 25.5. The molecule has 6 atom stereocenters. The second-order valence-electron chi connectivity index (χ2n) is 15.3. The fourth-order valence-electron chi connectivity index (χ4n) is 9.03. The minimum atomic E-state index is -1.32. The summed E-state index contributed by atoms with van der Waals surface area (Å²) < 4.78 is 26.6. The molecule has 1 aliphatic heterocycles. The predicted octanol–water partition coefficient (Wildman–Crippen LogP) is 6.76. The van der Waals surface area contributed by atoms with E-state index < -0.39 is 11.8 Å². The van der Waals surface area contributed by atoms with E-state index >= 15 is 0 Å². The van der Waals surface area contributed by atoms with Gasteiger partial charge in [-0.2, -0.15) is 0 Å². The highest BCUT2D eigenvalue weighted by molar-refractivity contribution is 7.99. The maximum absolute atomic E-state index is 14.4. The molecule has 2 fully saturated rings. The van der Waals surface area contributed by atoms with Crippen LogP contribution in [0.5, 0.6) is 11.5 Å². The molecule has 1 amide bonds. The smallest absolute Gasteiger partial charge is 0.239 e. The van der Waals surface area contributed by atoms with Gasteiger partial charge in [0.15, 0.2) is 0 Å². The Balaban J connectivity index is 1.48. The van der Waals surface area contributed by atoms with E-state index in [1.54, 1.807) is 17.8 Å². The van der Waals surface area contributed by atoms with Gasteiger partial charge in [0.1, 0.15) is 24.1 Å². The van der Waals surface area contributed by atoms with E-state index in [1.165, 1.54) is 4.90 Å². The molecule has 11 nitrogen and oxygen atoms in total. The Kier molecular flexibility index (Phi) is 16.3. The molecule has 57 heavy (non-hydrogen) atoms. The summed E-state index contributed by atoms with van der Waals surface area (Å²) in [6.45, 7) is 7.91. The van der Waals surface area contributed by atoms with Crippen molar-refractivity contribution < 1.29 is 43.9 Å².